The molecule has 2 aromatic rings. The minimum absolute atomic E-state index is 0.216. The third-order valence-electron chi connectivity index (χ3n) is 4.40. The molecule has 0 spiro atoms. The number of hydrogen-bond acceptors (Lipinski definition) is 5. The average Bonchev–Trinajstić information content (AvgIpc) is 3.01. The summed E-state index contributed by atoms with van der Waals surface area (Å²) in [6.45, 7) is 8.62. The molecule has 1 aliphatic heterocycles. The van der Waals surface area contributed by atoms with E-state index in [9.17, 15) is 9.18 Å². The van der Waals surface area contributed by atoms with Crippen LogP contribution in [0.1, 0.15) is 38.5 Å². The Bertz CT molecular complexity index is 831. The van der Waals surface area contributed by atoms with Crippen molar-refractivity contribution < 1.29 is 18.7 Å². The molecule has 7 heteroatoms. The summed E-state index contributed by atoms with van der Waals surface area (Å²) >= 11 is 1.64. The Morgan fingerprint density at radius 1 is 1.29 bits per heavy atom. The van der Waals surface area contributed by atoms with Crippen molar-refractivity contribution in [3.05, 3.63) is 40.3 Å². The van der Waals surface area contributed by atoms with Crippen molar-refractivity contribution >= 4 is 28.8 Å². The third-order valence-corrected chi connectivity index (χ3v) is 5.24. The summed E-state index contributed by atoms with van der Waals surface area (Å²) in [6, 6.07) is 6.45. The average molecular weight is 407 g/mol. The highest BCUT2D eigenvalue weighted by atomic mass is 32.1. The molecule has 152 valence electrons. The molecule has 0 radical (unpaired) electrons. The lowest BCUT2D eigenvalue weighted by molar-refractivity contribution is 0.00781. The maximum atomic E-state index is 13.9. The molecule has 0 aliphatic carbocycles. The van der Waals surface area contributed by atoms with Crippen LogP contribution in [0.25, 0.3) is 0 Å². The van der Waals surface area contributed by atoms with Crippen LogP contribution in [0.4, 0.5) is 20.6 Å². The molecule has 1 fully saturated rings. The molecule has 1 atom stereocenters. The second kappa shape index (κ2) is 8.39. The predicted octanol–water partition coefficient (Wildman–Crippen LogP) is 5.72. The number of carbonyl (C=O) groups is 1. The maximum absolute atomic E-state index is 13.9. The normalized spacial score (nSPS) is 17.3. The van der Waals surface area contributed by atoms with E-state index in [1.807, 2.05) is 39.1 Å². The highest BCUT2D eigenvalue weighted by Gasteiger charge is 2.29. The van der Waals surface area contributed by atoms with E-state index >= 15 is 0 Å². The molecule has 1 aliphatic rings. The summed E-state index contributed by atoms with van der Waals surface area (Å²) < 4.78 is 25.4. The van der Waals surface area contributed by atoms with Gasteiger partial charge in [-0.25, -0.2) is 9.18 Å². The molecule has 1 aromatic heterocycles. The largest absolute Gasteiger partial charge is 0.486 e. The maximum Gasteiger partial charge on any atom is 0.410 e. The van der Waals surface area contributed by atoms with Gasteiger partial charge in [0.1, 0.15) is 23.3 Å². The van der Waals surface area contributed by atoms with Gasteiger partial charge in [0.15, 0.2) is 0 Å². The lowest BCUT2D eigenvalue weighted by atomic mass is 10.1. The van der Waals surface area contributed by atoms with E-state index in [2.05, 4.69) is 5.32 Å². The van der Waals surface area contributed by atoms with Crippen molar-refractivity contribution in [1.29, 1.82) is 0 Å². The van der Waals surface area contributed by atoms with Gasteiger partial charge in [-0.2, -0.15) is 0 Å². The van der Waals surface area contributed by atoms with Crippen LogP contribution in [0.15, 0.2) is 29.6 Å². The van der Waals surface area contributed by atoms with Crippen molar-refractivity contribution in [3.8, 4) is 5.75 Å². The zero-order chi connectivity index (χ0) is 20.3. The van der Waals surface area contributed by atoms with Crippen molar-refractivity contribution in [1.82, 2.24) is 4.90 Å². The number of piperidine rings is 1. The Morgan fingerprint density at radius 3 is 2.75 bits per heavy atom. The molecule has 2 heterocycles. The molecule has 1 amide bonds. The summed E-state index contributed by atoms with van der Waals surface area (Å²) in [7, 11) is 0. The summed E-state index contributed by atoms with van der Waals surface area (Å²) in [6.07, 6.45) is 1.05. The lowest BCUT2D eigenvalue weighted by Crippen LogP contribution is -2.46. The Hall–Kier alpha value is -2.28. The number of likely N-dealkylation sites (tertiary alicyclic amines) is 1. The molecule has 0 bridgehead atoms. The van der Waals surface area contributed by atoms with Crippen LogP contribution < -0.4 is 10.1 Å². The SMILES string of the molecule is Cc1sccc1Nc1ccc(F)cc1O[C@H]1CCCN(C(=O)OC(C)(C)C)C1. The van der Waals surface area contributed by atoms with E-state index in [-0.39, 0.29) is 18.0 Å². The topological polar surface area (TPSA) is 50.8 Å². The van der Waals surface area contributed by atoms with Gasteiger partial charge < -0.3 is 19.7 Å². The lowest BCUT2D eigenvalue weighted by Gasteiger charge is -2.34. The van der Waals surface area contributed by atoms with E-state index in [0.29, 0.717) is 24.5 Å². The first-order valence-corrected chi connectivity index (χ1v) is 10.3. The fraction of sp³-hybridized carbons (Fsp3) is 0.476. The smallest absolute Gasteiger partial charge is 0.410 e. The number of ether oxygens (including phenoxy) is 2. The van der Waals surface area contributed by atoms with E-state index in [1.165, 1.54) is 12.1 Å². The summed E-state index contributed by atoms with van der Waals surface area (Å²) in [4.78, 5) is 15.2. The number of hydrogen-bond donors (Lipinski definition) is 1. The number of nitrogens with one attached hydrogen (secondary N) is 1. The van der Waals surface area contributed by atoms with Crippen LogP contribution in [0, 0.1) is 12.7 Å². The number of benzene rings is 1. The Morgan fingerprint density at radius 2 is 2.07 bits per heavy atom. The zero-order valence-corrected chi connectivity index (χ0v) is 17.6. The molecule has 28 heavy (non-hydrogen) atoms. The second-order valence-electron chi connectivity index (χ2n) is 7.96. The highest BCUT2D eigenvalue weighted by molar-refractivity contribution is 7.10. The summed E-state index contributed by atoms with van der Waals surface area (Å²) in [5, 5.41) is 5.32. The van der Waals surface area contributed by atoms with Crippen LogP contribution in [-0.2, 0) is 4.74 Å². The number of aryl methyl sites for hydroxylation is 1. The van der Waals surface area contributed by atoms with Gasteiger partial charge in [-0.1, -0.05) is 0 Å². The standard InChI is InChI=1S/C21H27FN2O3S/c1-14-17(9-11-28-14)23-18-8-7-15(22)12-19(18)26-16-6-5-10-24(13-16)20(25)27-21(2,3)4/h7-9,11-12,16,23H,5-6,10,13H2,1-4H3/t16-/m0/s1. The third kappa shape index (κ3) is 5.38. The van der Waals surface area contributed by atoms with Crippen molar-refractivity contribution in [2.75, 3.05) is 18.4 Å². The van der Waals surface area contributed by atoms with E-state index in [0.717, 1.165) is 23.4 Å². The highest BCUT2D eigenvalue weighted by Crippen LogP contribution is 2.33. The number of nitrogens with zero attached hydrogens (tertiary/aromatic N) is 1. The monoisotopic (exact) mass is 406 g/mol. The molecular weight excluding hydrogens is 379 g/mol. The van der Waals surface area contributed by atoms with Crippen LogP contribution in [0.3, 0.4) is 0 Å². The number of thiophene rings is 1. The fourth-order valence-electron chi connectivity index (χ4n) is 3.06. The van der Waals surface area contributed by atoms with Crippen LogP contribution >= 0.6 is 11.3 Å². The Labute approximate surface area is 169 Å². The Kier molecular flexibility index (Phi) is 6.13. The number of carbonyl (C=O) groups excluding carboxylic acids is 1. The number of halogens is 1. The first-order valence-electron chi connectivity index (χ1n) is 9.46. The quantitative estimate of drug-likeness (QED) is 0.706. The summed E-state index contributed by atoms with van der Waals surface area (Å²) in [5.41, 5.74) is 1.14. The van der Waals surface area contributed by atoms with E-state index < -0.39 is 5.60 Å². The van der Waals surface area contributed by atoms with Gasteiger partial charge in [-0.15, -0.1) is 11.3 Å². The molecule has 3 rings (SSSR count). The van der Waals surface area contributed by atoms with Gasteiger partial charge in [0.2, 0.25) is 0 Å². The number of anilines is 2. The zero-order valence-electron chi connectivity index (χ0n) is 16.8. The molecule has 5 nitrogen and oxygen atoms in total. The molecule has 1 aromatic carbocycles. The van der Waals surface area contributed by atoms with E-state index in [4.69, 9.17) is 9.47 Å². The van der Waals surface area contributed by atoms with Crippen molar-refractivity contribution in [3.63, 3.8) is 0 Å². The van der Waals surface area contributed by atoms with Crippen LogP contribution in [0.5, 0.6) is 5.75 Å². The minimum atomic E-state index is -0.539. The molecule has 0 saturated carbocycles. The number of rotatable bonds is 4. The molecule has 0 unspecified atom stereocenters. The number of amides is 1. The van der Waals surface area contributed by atoms with Gasteiger partial charge in [0.05, 0.1) is 17.9 Å². The van der Waals surface area contributed by atoms with Crippen molar-refractivity contribution in [2.45, 2.75) is 52.2 Å². The molecular formula is C21H27FN2O3S. The predicted molar refractivity (Wildman–Crippen MR) is 110 cm³/mol. The first-order chi connectivity index (χ1) is 13.2. The first kappa shape index (κ1) is 20.5. The van der Waals surface area contributed by atoms with E-state index in [1.54, 1.807) is 22.3 Å². The van der Waals surface area contributed by atoms with Gasteiger partial charge >= 0.3 is 6.09 Å². The van der Waals surface area contributed by atoms with Crippen LogP contribution in [0.2, 0.25) is 0 Å². The van der Waals surface area contributed by atoms with Gasteiger partial charge in [-0.3, -0.25) is 0 Å². The minimum Gasteiger partial charge on any atom is -0.486 e. The van der Waals surface area contributed by atoms with Crippen LogP contribution in [-0.4, -0.2) is 35.8 Å². The van der Waals surface area contributed by atoms with Crippen molar-refractivity contribution in [2.24, 2.45) is 0 Å². The van der Waals surface area contributed by atoms with Gasteiger partial charge in [0.25, 0.3) is 0 Å². The molecule has 1 N–H and O–H groups in total. The Balaban J connectivity index is 1.71. The fourth-order valence-corrected chi connectivity index (χ4v) is 3.72. The van der Waals surface area contributed by atoms with Gasteiger partial charge in [0, 0.05) is 17.5 Å². The van der Waals surface area contributed by atoms with Gasteiger partial charge in [-0.05, 0) is 64.1 Å². The summed E-state index contributed by atoms with van der Waals surface area (Å²) in [5.74, 6) is 0.0871. The molecule has 1 saturated heterocycles. The second-order valence-corrected chi connectivity index (χ2v) is 9.08.